The third-order valence-corrected chi connectivity index (χ3v) is 4.01. The molecule has 0 bridgehead atoms. The molecule has 2 aromatic rings. The number of rotatable bonds is 4. The summed E-state index contributed by atoms with van der Waals surface area (Å²) in [7, 11) is 3.29. The lowest BCUT2D eigenvalue weighted by Gasteiger charge is -2.12. The number of ether oxygens (including phenoxy) is 1. The minimum Gasteiger partial charge on any atom is -0.496 e. The van der Waals surface area contributed by atoms with Gasteiger partial charge in [0.1, 0.15) is 17.9 Å². The number of carbonyl (C=O) groups excluding carboxylic acids is 2. The van der Waals surface area contributed by atoms with Gasteiger partial charge in [0.05, 0.1) is 18.7 Å². The number of amides is 2. The SMILES string of the molecule is COc1ccccc1-c1cc(NC(=O)C2CC(=O)N(C)C2)ncn1. The van der Waals surface area contributed by atoms with E-state index >= 15 is 0 Å². The zero-order valence-corrected chi connectivity index (χ0v) is 13.5. The summed E-state index contributed by atoms with van der Waals surface area (Å²) in [6, 6.07) is 9.18. The van der Waals surface area contributed by atoms with Crippen molar-refractivity contribution in [1.82, 2.24) is 14.9 Å². The van der Waals surface area contributed by atoms with Gasteiger partial charge in [-0.15, -0.1) is 0 Å². The predicted molar refractivity (Wildman–Crippen MR) is 88.4 cm³/mol. The van der Waals surface area contributed by atoms with Crippen LogP contribution in [-0.4, -0.2) is 47.4 Å². The average Bonchev–Trinajstić information content (AvgIpc) is 2.94. The van der Waals surface area contributed by atoms with Gasteiger partial charge in [-0.05, 0) is 12.1 Å². The standard InChI is InChI=1S/C17H18N4O3/c1-21-9-11(7-16(21)22)17(23)20-15-8-13(18-10-19-15)12-5-3-4-6-14(12)24-2/h3-6,8,10-11H,7,9H2,1-2H3,(H,18,19,20,23). The van der Waals surface area contributed by atoms with Crippen molar-refractivity contribution in [3.8, 4) is 17.0 Å². The number of methoxy groups -OCH3 is 1. The van der Waals surface area contributed by atoms with Crippen LogP contribution in [0.3, 0.4) is 0 Å². The van der Waals surface area contributed by atoms with Crippen LogP contribution in [0.15, 0.2) is 36.7 Å². The molecule has 1 aliphatic rings. The number of aromatic nitrogens is 2. The molecule has 3 rings (SSSR count). The zero-order valence-electron chi connectivity index (χ0n) is 13.5. The Morgan fingerprint density at radius 1 is 1.33 bits per heavy atom. The van der Waals surface area contributed by atoms with Crippen molar-refractivity contribution < 1.29 is 14.3 Å². The number of carbonyl (C=O) groups is 2. The molecule has 1 aromatic carbocycles. The van der Waals surface area contributed by atoms with Crippen molar-refractivity contribution in [3.63, 3.8) is 0 Å². The van der Waals surface area contributed by atoms with Crippen LogP contribution in [0.4, 0.5) is 5.82 Å². The highest BCUT2D eigenvalue weighted by atomic mass is 16.5. The predicted octanol–water partition coefficient (Wildman–Crippen LogP) is 1.57. The Kier molecular flexibility index (Phi) is 4.41. The van der Waals surface area contributed by atoms with Gasteiger partial charge in [-0.25, -0.2) is 9.97 Å². The molecule has 1 unspecified atom stereocenters. The van der Waals surface area contributed by atoms with E-state index in [0.717, 1.165) is 5.56 Å². The zero-order chi connectivity index (χ0) is 17.1. The molecule has 24 heavy (non-hydrogen) atoms. The van der Waals surface area contributed by atoms with Gasteiger partial charge in [0.2, 0.25) is 11.8 Å². The van der Waals surface area contributed by atoms with Gasteiger partial charge in [0.15, 0.2) is 0 Å². The Hall–Kier alpha value is -2.96. The minimum absolute atomic E-state index is 0.0208. The minimum atomic E-state index is -0.354. The lowest BCUT2D eigenvalue weighted by atomic mass is 10.1. The van der Waals surface area contributed by atoms with Crippen molar-refractivity contribution >= 4 is 17.6 Å². The van der Waals surface area contributed by atoms with Crippen molar-refractivity contribution in [2.75, 3.05) is 26.0 Å². The first-order valence-corrected chi connectivity index (χ1v) is 7.58. The second-order valence-electron chi connectivity index (χ2n) is 5.65. The van der Waals surface area contributed by atoms with Crippen molar-refractivity contribution in [2.24, 2.45) is 5.92 Å². The van der Waals surface area contributed by atoms with E-state index in [4.69, 9.17) is 4.74 Å². The van der Waals surface area contributed by atoms with Crippen LogP contribution in [0.5, 0.6) is 5.75 Å². The summed E-state index contributed by atoms with van der Waals surface area (Å²) in [6.45, 7) is 0.426. The molecular weight excluding hydrogens is 308 g/mol. The Morgan fingerprint density at radius 2 is 2.12 bits per heavy atom. The summed E-state index contributed by atoms with van der Waals surface area (Å²) in [5.41, 5.74) is 1.46. The summed E-state index contributed by atoms with van der Waals surface area (Å²) in [6.07, 6.45) is 1.62. The molecule has 1 saturated heterocycles. The van der Waals surface area contributed by atoms with Crippen LogP contribution in [0, 0.1) is 5.92 Å². The average molecular weight is 326 g/mol. The van der Waals surface area contributed by atoms with E-state index in [0.29, 0.717) is 23.8 Å². The van der Waals surface area contributed by atoms with E-state index in [1.165, 1.54) is 6.33 Å². The first-order valence-electron chi connectivity index (χ1n) is 7.58. The molecule has 1 N–H and O–H groups in total. The summed E-state index contributed by atoms with van der Waals surface area (Å²) in [5, 5.41) is 2.76. The van der Waals surface area contributed by atoms with E-state index in [1.54, 1.807) is 25.1 Å². The molecule has 124 valence electrons. The van der Waals surface area contributed by atoms with Crippen molar-refractivity contribution in [3.05, 3.63) is 36.7 Å². The topological polar surface area (TPSA) is 84.4 Å². The number of nitrogens with one attached hydrogen (secondary N) is 1. The fraction of sp³-hybridized carbons (Fsp3) is 0.294. The molecule has 2 amide bonds. The normalized spacial score (nSPS) is 17.0. The first kappa shape index (κ1) is 15.9. The van der Waals surface area contributed by atoms with E-state index in [2.05, 4.69) is 15.3 Å². The van der Waals surface area contributed by atoms with E-state index in [9.17, 15) is 9.59 Å². The molecule has 0 radical (unpaired) electrons. The smallest absolute Gasteiger partial charge is 0.230 e. The van der Waals surface area contributed by atoms with Gasteiger partial charge in [0, 0.05) is 31.6 Å². The fourth-order valence-electron chi connectivity index (χ4n) is 2.70. The maximum Gasteiger partial charge on any atom is 0.230 e. The number of anilines is 1. The summed E-state index contributed by atoms with van der Waals surface area (Å²) in [5.74, 6) is 0.506. The van der Waals surface area contributed by atoms with Crippen LogP contribution in [0.25, 0.3) is 11.3 Å². The second-order valence-corrected chi connectivity index (χ2v) is 5.65. The molecule has 0 saturated carbocycles. The van der Waals surface area contributed by atoms with Crippen LogP contribution < -0.4 is 10.1 Å². The van der Waals surface area contributed by atoms with E-state index in [1.807, 2.05) is 24.3 Å². The van der Waals surface area contributed by atoms with Gasteiger partial charge < -0.3 is 15.0 Å². The third-order valence-electron chi connectivity index (χ3n) is 4.01. The molecule has 1 aliphatic heterocycles. The Balaban J connectivity index is 1.79. The fourth-order valence-corrected chi connectivity index (χ4v) is 2.70. The van der Waals surface area contributed by atoms with Crippen molar-refractivity contribution in [2.45, 2.75) is 6.42 Å². The number of hydrogen-bond donors (Lipinski definition) is 1. The summed E-state index contributed by atoms with van der Waals surface area (Å²) in [4.78, 5) is 33.7. The van der Waals surface area contributed by atoms with Gasteiger partial charge in [0.25, 0.3) is 0 Å². The van der Waals surface area contributed by atoms with Crippen molar-refractivity contribution in [1.29, 1.82) is 0 Å². The maximum atomic E-state index is 12.3. The number of nitrogens with zero attached hydrogens (tertiary/aromatic N) is 3. The molecule has 2 heterocycles. The van der Waals surface area contributed by atoms with Crippen LogP contribution in [0.2, 0.25) is 0 Å². The van der Waals surface area contributed by atoms with Gasteiger partial charge in [-0.3, -0.25) is 9.59 Å². The molecule has 1 atom stereocenters. The lowest BCUT2D eigenvalue weighted by molar-refractivity contribution is -0.127. The number of benzene rings is 1. The highest BCUT2D eigenvalue weighted by Gasteiger charge is 2.32. The summed E-state index contributed by atoms with van der Waals surface area (Å²) < 4.78 is 5.33. The number of para-hydroxylation sites is 1. The van der Waals surface area contributed by atoms with Gasteiger partial charge in [-0.2, -0.15) is 0 Å². The Labute approximate surface area is 139 Å². The lowest BCUT2D eigenvalue weighted by Crippen LogP contribution is -2.26. The van der Waals surface area contributed by atoms with E-state index in [-0.39, 0.29) is 24.2 Å². The monoisotopic (exact) mass is 326 g/mol. The van der Waals surface area contributed by atoms with Crippen LogP contribution >= 0.6 is 0 Å². The Morgan fingerprint density at radius 3 is 2.83 bits per heavy atom. The highest BCUT2D eigenvalue weighted by Crippen LogP contribution is 2.29. The molecule has 1 fully saturated rings. The molecule has 0 spiro atoms. The third kappa shape index (κ3) is 3.19. The van der Waals surface area contributed by atoms with E-state index < -0.39 is 0 Å². The molecule has 7 heteroatoms. The number of likely N-dealkylation sites (tertiary alicyclic amines) is 1. The second kappa shape index (κ2) is 6.66. The molecular formula is C17H18N4O3. The quantitative estimate of drug-likeness (QED) is 0.922. The maximum absolute atomic E-state index is 12.3. The Bertz CT molecular complexity index is 778. The van der Waals surface area contributed by atoms with Gasteiger partial charge >= 0.3 is 0 Å². The van der Waals surface area contributed by atoms with Gasteiger partial charge in [-0.1, -0.05) is 12.1 Å². The first-order chi connectivity index (χ1) is 11.6. The number of hydrogen-bond acceptors (Lipinski definition) is 5. The summed E-state index contributed by atoms with van der Waals surface area (Å²) >= 11 is 0. The molecule has 7 nitrogen and oxygen atoms in total. The molecule has 1 aromatic heterocycles. The molecule has 0 aliphatic carbocycles. The highest BCUT2D eigenvalue weighted by molar-refractivity contribution is 5.96. The van der Waals surface area contributed by atoms with Crippen LogP contribution in [-0.2, 0) is 9.59 Å². The largest absolute Gasteiger partial charge is 0.496 e. The van der Waals surface area contributed by atoms with Crippen LogP contribution in [0.1, 0.15) is 6.42 Å².